The van der Waals surface area contributed by atoms with Crippen molar-refractivity contribution in [1.29, 1.82) is 0 Å². The highest BCUT2D eigenvalue weighted by atomic mass is 35.5. The van der Waals surface area contributed by atoms with Crippen LogP contribution in [0.3, 0.4) is 0 Å². The molecule has 0 aromatic rings. The van der Waals surface area contributed by atoms with Gasteiger partial charge in [0.25, 0.3) is 0 Å². The maximum Gasteiger partial charge on any atom is 0.0339 e. The van der Waals surface area contributed by atoms with E-state index in [1.165, 1.54) is 25.7 Å². The zero-order chi connectivity index (χ0) is 6.53. The van der Waals surface area contributed by atoms with Crippen LogP contribution in [0.5, 0.6) is 0 Å². The minimum absolute atomic E-state index is 0.440. The lowest BCUT2D eigenvalue weighted by molar-refractivity contribution is 0.646. The third-order valence-electron chi connectivity index (χ3n) is 1.70. The predicted octanol–water partition coefficient (Wildman–Crippen LogP) is 3.11. The van der Waals surface area contributed by atoms with E-state index >= 15 is 0 Å². The van der Waals surface area contributed by atoms with Crippen molar-refractivity contribution in [3.8, 4) is 0 Å². The van der Waals surface area contributed by atoms with Crippen LogP contribution >= 0.6 is 11.6 Å². The van der Waals surface area contributed by atoms with Gasteiger partial charge in [-0.2, -0.15) is 0 Å². The summed E-state index contributed by atoms with van der Waals surface area (Å²) in [7, 11) is 0. The van der Waals surface area contributed by atoms with Gasteiger partial charge in [-0.05, 0) is 32.1 Å². The Labute approximate surface area is 61.9 Å². The monoisotopic (exact) mass is 144 g/mol. The van der Waals surface area contributed by atoms with Gasteiger partial charge >= 0.3 is 0 Å². The van der Waals surface area contributed by atoms with Crippen molar-refractivity contribution < 1.29 is 0 Å². The van der Waals surface area contributed by atoms with Crippen LogP contribution in [-0.2, 0) is 0 Å². The summed E-state index contributed by atoms with van der Waals surface area (Å²) in [6, 6.07) is 0. The first-order chi connectivity index (χ1) is 4.39. The predicted molar refractivity (Wildman–Crippen MR) is 41.9 cm³/mol. The molecule has 1 heteroatoms. The molecule has 0 saturated heterocycles. The van der Waals surface area contributed by atoms with Crippen molar-refractivity contribution >= 4 is 11.6 Å². The Morgan fingerprint density at radius 1 is 1.11 bits per heavy atom. The molecule has 0 radical (unpaired) electrons. The van der Waals surface area contributed by atoms with Crippen LogP contribution in [0.25, 0.3) is 0 Å². The number of allylic oxidation sites excluding steroid dienone is 2. The van der Waals surface area contributed by atoms with E-state index in [0.29, 0.717) is 5.38 Å². The minimum Gasteiger partial charge on any atom is -0.123 e. The Hall–Kier alpha value is 0.0300. The van der Waals surface area contributed by atoms with Crippen LogP contribution in [0.15, 0.2) is 12.2 Å². The highest BCUT2D eigenvalue weighted by Crippen LogP contribution is 2.16. The lowest BCUT2D eigenvalue weighted by Crippen LogP contribution is -1.98. The molecule has 0 bridgehead atoms. The summed E-state index contributed by atoms with van der Waals surface area (Å²) >= 11 is 5.96. The van der Waals surface area contributed by atoms with Crippen LogP contribution < -0.4 is 0 Å². The molecule has 0 aliphatic heterocycles. The highest BCUT2D eigenvalue weighted by Gasteiger charge is 2.03. The first kappa shape index (κ1) is 7.14. The molecule has 0 nitrogen and oxygen atoms in total. The molecule has 1 unspecified atom stereocenters. The van der Waals surface area contributed by atoms with Crippen LogP contribution in [-0.4, -0.2) is 5.38 Å². The molecule has 0 aromatic heterocycles. The normalized spacial score (nSPS) is 32.8. The van der Waals surface area contributed by atoms with E-state index in [1.54, 1.807) is 0 Å². The third-order valence-corrected chi connectivity index (χ3v) is 2.14. The number of halogens is 1. The average molecular weight is 145 g/mol. The molecule has 0 heterocycles. The van der Waals surface area contributed by atoms with Gasteiger partial charge in [-0.1, -0.05) is 12.2 Å². The number of rotatable bonds is 0. The van der Waals surface area contributed by atoms with Crippen LogP contribution in [0, 0.1) is 0 Å². The van der Waals surface area contributed by atoms with Crippen molar-refractivity contribution in [2.75, 3.05) is 0 Å². The van der Waals surface area contributed by atoms with E-state index in [4.69, 9.17) is 11.6 Å². The van der Waals surface area contributed by atoms with Crippen LogP contribution in [0.1, 0.15) is 32.1 Å². The maximum atomic E-state index is 5.96. The molecule has 9 heavy (non-hydrogen) atoms. The zero-order valence-electron chi connectivity index (χ0n) is 5.65. The van der Waals surface area contributed by atoms with E-state index in [-0.39, 0.29) is 0 Å². The molecule has 0 spiro atoms. The van der Waals surface area contributed by atoms with Gasteiger partial charge in [-0.3, -0.25) is 0 Å². The maximum absolute atomic E-state index is 5.96. The molecule has 1 rings (SSSR count). The van der Waals surface area contributed by atoms with Crippen molar-refractivity contribution in [1.82, 2.24) is 0 Å². The second-order valence-corrected chi connectivity index (χ2v) is 3.19. The van der Waals surface area contributed by atoms with Crippen LogP contribution in [0.2, 0.25) is 0 Å². The van der Waals surface area contributed by atoms with E-state index in [2.05, 4.69) is 12.2 Å². The molecule has 52 valence electrons. The molecule has 0 fully saturated rings. The Bertz CT molecular complexity index is 96.7. The van der Waals surface area contributed by atoms with E-state index < -0.39 is 0 Å². The summed E-state index contributed by atoms with van der Waals surface area (Å²) in [5, 5.41) is 0.440. The first-order valence-electron chi connectivity index (χ1n) is 3.68. The largest absolute Gasteiger partial charge is 0.123 e. The molecule has 1 aliphatic carbocycles. The SMILES string of the molecule is ClC1CC/C=C\CCC1. The van der Waals surface area contributed by atoms with E-state index in [0.717, 1.165) is 6.42 Å². The average Bonchev–Trinajstić information content (AvgIpc) is 1.79. The summed E-state index contributed by atoms with van der Waals surface area (Å²) in [5.41, 5.74) is 0. The zero-order valence-corrected chi connectivity index (χ0v) is 6.40. The molecule has 1 atom stereocenters. The van der Waals surface area contributed by atoms with Gasteiger partial charge in [0.2, 0.25) is 0 Å². The van der Waals surface area contributed by atoms with Gasteiger partial charge in [-0.25, -0.2) is 0 Å². The number of hydrogen-bond donors (Lipinski definition) is 0. The molecule has 0 aromatic carbocycles. The fraction of sp³-hybridized carbons (Fsp3) is 0.750. The van der Waals surface area contributed by atoms with Crippen molar-refractivity contribution in [3.05, 3.63) is 12.2 Å². The fourth-order valence-corrected chi connectivity index (χ4v) is 1.39. The Morgan fingerprint density at radius 2 is 1.89 bits per heavy atom. The standard InChI is InChI=1S/C8H13Cl/c9-8-6-4-2-1-3-5-7-8/h1-2,8H,3-7H2/b2-1-. The summed E-state index contributed by atoms with van der Waals surface area (Å²) in [5.74, 6) is 0. The molecule has 0 N–H and O–H groups in total. The highest BCUT2D eigenvalue weighted by molar-refractivity contribution is 6.20. The van der Waals surface area contributed by atoms with Crippen molar-refractivity contribution in [3.63, 3.8) is 0 Å². The third kappa shape index (κ3) is 2.90. The van der Waals surface area contributed by atoms with Crippen molar-refractivity contribution in [2.45, 2.75) is 37.5 Å². The van der Waals surface area contributed by atoms with Gasteiger partial charge in [0.05, 0.1) is 0 Å². The molecular weight excluding hydrogens is 132 g/mol. The van der Waals surface area contributed by atoms with E-state index in [1.807, 2.05) is 0 Å². The Morgan fingerprint density at radius 3 is 2.78 bits per heavy atom. The first-order valence-corrected chi connectivity index (χ1v) is 4.12. The second-order valence-electron chi connectivity index (χ2n) is 2.58. The van der Waals surface area contributed by atoms with Gasteiger partial charge < -0.3 is 0 Å². The van der Waals surface area contributed by atoms with Gasteiger partial charge in [0.1, 0.15) is 0 Å². The van der Waals surface area contributed by atoms with Gasteiger partial charge in [-0.15, -0.1) is 11.6 Å². The lowest BCUT2D eigenvalue weighted by atomic mass is 10.1. The Kier molecular flexibility index (Phi) is 3.13. The smallest absolute Gasteiger partial charge is 0.0339 e. The summed E-state index contributed by atoms with van der Waals surface area (Å²) in [6.45, 7) is 0. The summed E-state index contributed by atoms with van der Waals surface area (Å²) in [4.78, 5) is 0. The van der Waals surface area contributed by atoms with Gasteiger partial charge in [0, 0.05) is 5.38 Å². The summed E-state index contributed by atoms with van der Waals surface area (Å²) < 4.78 is 0. The van der Waals surface area contributed by atoms with E-state index in [9.17, 15) is 0 Å². The van der Waals surface area contributed by atoms with Crippen LogP contribution in [0.4, 0.5) is 0 Å². The Balaban J connectivity index is 2.27. The summed E-state index contributed by atoms with van der Waals surface area (Å²) in [6.07, 6.45) is 10.5. The quantitative estimate of drug-likeness (QED) is 0.362. The number of hydrogen-bond acceptors (Lipinski definition) is 0. The topological polar surface area (TPSA) is 0 Å². The second kappa shape index (κ2) is 3.94. The fourth-order valence-electron chi connectivity index (χ4n) is 1.11. The van der Waals surface area contributed by atoms with Crippen molar-refractivity contribution in [2.24, 2.45) is 0 Å². The lowest BCUT2D eigenvalue weighted by Gasteiger charge is -2.08. The van der Waals surface area contributed by atoms with Gasteiger partial charge in [0.15, 0.2) is 0 Å². The molecule has 1 aliphatic rings. The minimum atomic E-state index is 0.440. The molecule has 0 saturated carbocycles. The molecular formula is C8H13Cl. The molecule has 0 amide bonds. The number of alkyl halides is 1.